The molecule has 0 aliphatic carbocycles. The minimum absolute atomic E-state index is 0.126. The molecule has 17 heavy (non-hydrogen) atoms. The first kappa shape index (κ1) is 14.2. The lowest BCUT2D eigenvalue weighted by molar-refractivity contribution is 0.279. The lowest BCUT2D eigenvalue weighted by Gasteiger charge is -2.06. The molecule has 0 saturated heterocycles. The van der Waals surface area contributed by atoms with Gasteiger partial charge in [0, 0.05) is 17.8 Å². The van der Waals surface area contributed by atoms with Gasteiger partial charge in [-0.25, -0.2) is 0 Å². The number of hydrogen-bond donors (Lipinski definition) is 1. The van der Waals surface area contributed by atoms with E-state index in [1.165, 1.54) is 31.4 Å². The Morgan fingerprint density at radius 1 is 1.06 bits per heavy atom. The molecule has 0 atom stereocenters. The Balaban J connectivity index is 2.73. The van der Waals surface area contributed by atoms with E-state index in [9.17, 15) is 5.11 Å². The summed E-state index contributed by atoms with van der Waals surface area (Å²) in [6, 6.07) is 0. The van der Waals surface area contributed by atoms with Gasteiger partial charge in [-0.15, -0.1) is 0 Å². The topological polar surface area (TPSA) is 38.0 Å². The monoisotopic (exact) mass is 238 g/mol. The fraction of sp³-hybridized carbons (Fsp3) is 0.786. The summed E-state index contributed by atoms with van der Waals surface area (Å²) in [6.45, 7) is 7.59. The van der Waals surface area contributed by atoms with Crippen molar-refractivity contribution in [3.8, 4) is 0 Å². The minimum Gasteiger partial charge on any atom is -0.392 e. The highest BCUT2D eigenvalue weighted by molar-refractivity contribution is 5.25. The van der Waals surface area contributed by atoms with Crippen molar-refractivity contribution in [1.29, 1.82) is 0 Å². The van der Waals surface area contributed by atoms with Crippen LogP contribution in [0.25, 0.3) is 0 Å². The molecule has 0 radical (unpaired) electrons. The minimum atomic E-state index is 0.126. The van der Waals surface area contributed by atoms with Crippen molar-refractivity contribution in [3.05, 3.63) is 17.0 Å². The molecule has 1 aromatic rings. The lowest BCUT2D eigenvalue weighted by Crippen LogP contribution is -2.05. The van der Waals surface area contributed by atoms with E-state index in [1.807, 2.05) is 0 Å². The molecule has 1 rings (SSSR count). The molecule has 98 valence electrons. The third-order valence-electron chi connectivity index (χ3n) is 3.30. The summed E-state index contributed by atoms with van der Waals surface area (Å²) < 4.78 is 2.11. The lowest BCUT2D eigenvalue weighted by atomic mass is 10.1. The van der Waals surface area contributed by atoms with Gasteiger partial charge in [0.15, 0.2) is 0 Å². The highest BCUT2D eigenvalue weighted by Crippen LogP contribution is 2.17. The molecule has 0 aliphatic heterocycles. The molecule has 0 spiro atoms. The molecule has 0 aliphatic rings. The second-order valence-corrected chi connectivity index (χ2v) is 4.52. The molecule has 0 fully saturated rings. The van der Waals surface area contributed by atoms with Gasteiger partial charge in [-0.05, 0) is 19.3 Å². The standard InChI is InChI=1S/C14H26N2O/c1-4-7-8-9-10-16-14(6-3)12(11-17)13(5-2)15-16/h17H,4-11H2,1-3H3. The predicted octanol–water partition coefficient (Wildman–Crippen LogP) is 3.08. The number of aliphatic hydroxyl groups excluding tert-OH is 1. The van der Waals surface area contributed by atoms with Crippen molar-refractivity contribution in [2.75, 3.05) is 0 Å². The van der Waals surface area contributed by atoms with E-state index in [2.05, 4.69) is 30.6 Å². The van der Waals surface area contributed by atoms with Crippen LogP contribution >= 0.6 is 0 Å². The van der Waals surface area contributed by atoms with Gasteiger partial charge in [0.05, 0.1) is 12.3 Å². The molecule has 1 heterocycles. The van der Waals surface area contributed by atoms with E-state index in [1.54, 1.807) is 0 Å². The summed E-state index contributed by atoms with van der Waals surface area (Å²) >= 11 is 0. The molecule has 1 N–H and O–H groups in total. The molecular weight excluding hydrogens is 212 g/mol. The molecule has 0 amide bonds. The molecule has 0 saturated carbocycles. The van der Waals surface area contributed by atoms with Crippen molar-refractivity contribution >= 4 is 0 Å². The van der Waals surface area contributed by atoms with E-state index in [4.69, 9.17) is 0 Å². The Bertz CT molecular complexity index is 331. The van der Waals surface area contributed by atoms with Crippen LogP contribution in [-0.2, 0) is 26.0 Å². The van der Waals surface area contributed by atoms with Gasteiger partial charge in [0.25, 0.3) is 0 Å². The summed E-state index contributed by atoms with van der Waals surface area (Å²) in [6.07, 6.45) is 6.89. The van der Waals surface area contributed by atoms with Crippen LogP contribution in [0.5, 0.6) is 0 Å². The van der Waals surface area contributed by atoms with Gasteiger partial charge < -0.3 is 5.11 Å². The Morgan fingerprint density at radius 3 is 2.35 bits per heavy atom. The average Bonchev–Trinajstić information content (AvgIpc) is 2.71. The van der Waals surface area contributed by atoms with Crippen LogP contribution in [0.15, 0.2) is 0 Å². The van der Waals surface area contributed by atoms with Gasteiger partial charge in [-0.3, -0.25) is 4.68 Å². The molecule has 3 nitrogen and oxygen atoms in total. The van der Waals surface area contributed by atoms with Crippen LogP contribution in [0.1, 0.15) is 63.4 Å². The van der Waals surface area contributed by atoms with E-state index < -0.39 is 0 Å². The summed E-state index contributed by atoms with van der Waals surface area (Å²) in [5, 5.41) is 14.1. The zero-order valence-electron chi connectivity index (χ0n) is 11.5. The summed E-state index contributed by atoms with van der Waals surface area (Å²) in [4.78, 5) is 0. The van der Waals surface area contributed by atoms with Crippen molar-refractivity contribution in [2.45, 2.75) is 72.4 Å². The number of aromatic nitrogens is 2. The second-order valence-electron chi connectivity index (χ2n) is 4.52. The van der Waals surface area contributed by atoms with Gasteiger partial charge in [-0.1, -0.05) is 40.0 Å². The maximum absolute atomic E-state index is 9.43. The highest BCUT2D eigenvalue weighted by atomic mass is 16.3. The average molecular weight is 238 g/mol. The first-order valence-corrected chi connectivity index (χ1v) is 6.96. The summed E-state index contributed by atoms with van der Waals surface area (Å²) in [5.74, 6) is 0. The van der Waals surface area contributed by atoms with Crippen molar-refractivity contribution in [2.24, 2.45) is 0 Å². The Morgan fingerprint density at radius 2 is 1.82 bits per heavy atom. The first-order chi connectivity index (χ1) is 8.28. The van der Waals surface area contributed by atoms with Gasteiger partial charge in [0.1, 0.15) is 0 Å². The number of hydrogen-bond acceptors (Lipinski definition) is 2. The Kier molecular flexibility index (Phi) is 6.27. The zero-order chi connectivity index (χ0) is 12.7. The maximum atomic E-state index is 9.43. The van der Waals surface area contributed by atoms with Crippen LogP contribution in [0.2, 0.25) is 0 Å². The largest absolute Gasteiger partial charge is 0.392 e. The molecular formula is C14H26N2O. The van der Waals surface area contributed by atoms with Crippen molar-refractivity contribution in [3.63, 3.8) is 0 Å². The molecule has 0 unspecified atom stereocenters. The van der Waals surface area contributed by atoms with Crippen LogP contribution in [0, 0.1) is 0 Å². The van der Waals surface area contributed by atoms with Crippen molar-refractivity contribution < 1.29 is 5.11 Å². The van der Waals surface area contributed by atoms with Gasteiger partial charge in [0.2, 0.25) is 0 Å². The summed E-state index contributed by atoms with van der Waals surface area (Å²) in [5.41, 5.74) is 3.35. The van der Waals surface area contributed by atoms with Crippen LogP contribution < -0.4 is 0 Å². The highest BCUT2D eigenvalue weighted by Gasteiger charge is 2.13. The number of nitrogens with zero attached hydrogens (tertiary/aromatic N) is 2. The normalized spacial score (nSPS) is 11.1. The number of aryl methyl sites for hydroxylation is 2. The SMILES string of the molecule is CCCCCCn1nc(CC)c(CO)c1CC. The Hall–Kier alpha value is -0.830. The predicted molar refractivity (Wildman–Crippen MR) is 71.0 cm³/mol. The van der Waals surface area contributed by atoms with E-state index >= 15 is 0 Å². The third kappa shape index (κ3) is 3.56. The fourth-order valence-corrected chi connectivity index (χ4v) is 2.32. The number of unbranched alkanes of at least 4 members (excludes halogenated alkanes) is 3. The smallest absolute Gasteiger partial charge is 0.0718 e. The fourth-order valence-electron chi connectivity index (χ4n) is 2.32. The van der Waals surface area contributed by atoms with E-state index in [-0.39, 0.29) is 6.61 Å². The molecule has 3 heteroatoms. The quantitative estimate of drug-likeness (QED) is 0.707. The maximum Gasteiger partial charge on any atom is 0.0718 e. The van der Waals surface area contributed by atoms with E-state index in [0.717, 1.165) is 30.6 Å². The molecule has 0 bridgehead atoms. The molecule has 1 aromatic heterocycles. The Labute approximate surface area is 105 Å². The number of aliphatic hydroxyl groups is 1. The van der Waals surface area contributed by atoms with Gasteiger partial charge in [-0.2, -0.15) is 5.10 Å². The zero-order valence-corrected chi connectivity index (χ0v) is 11.5. The number of rotatable bonds is 8. The van der Waals surface area contributed by atoms with E-state index in [0.29, 0.717) is 0 Å². The van der Waals surface area contributed by atoms with Crippen LogP contribution in [0.4, 0.5) is 0 Å². The van der Waals surface area contributed by atoms with Gasteiger partial charge >= 0.3 is 0 Å². The van der Waals surface area contributed by atoms with Crippen LogP contribution in [-0.4, -0.2) is 14.9 Å². The van der Waals surface area contributed by atoms with Crippen molar-refractivity contribution in [1.82, 2.24) is 9.78 Å². The summed E-state index contributed by atoms with van der Waals surface area (Å²) in [7, 11) is 0. The first-order valence-electron chi connectivity index (χ1n) is 6.96. The van der Waals surface area contributed by atoms with Crippen LogP contribution in [0.3, 0.4) is 0 Å². The third-order valence-corrected chi connectivity index (χ3v) is 3.30. The molecule has 0 aromatic carbocycles. The second kappa shape index (κ2) is 7.49.